The third kappa shape index (κ3) is 4.71. The quantitative estimate of drug-likeness (QED) is 0.598. The minimum atomic E-state index is -1.06. The van der Waals surface area contributed by atoms with Gasteiger partial charge in [-0.1, -0.05) is 25.1 Å². The van der Waals surface area contributed by atoms with E-state index in [-0.39, 0.29) is 23.5 Å². The van der Waals surface area contributed by atoms with Gasteiger partial charge in [0.05, 0.1) is 23.5 Å². The van der Waals surface area contributed by atoms with Crippen LogP contribution in [0.25, 0.3) is 0 Å². The highest BCUT2D eigenvalue weighted by molar-refractivity contribution is 5.97. The van der Waals surface area contributed by atoms with E-state index < -0.39 is 17.8 Å². The van der Waals surface area contributed by atoms with E-state index in [4.69, 9.17) is 9.84 Å². The average molecular weight is 359 g/mol. The van der Waals surface area contributed by atoms with Gasteiger partial charge in [0, 0.05) is 5.69 Å². The first-order valence-corrected chi connectivity index (χ1v) is 8.83. The van der Waals surface area contributed by atoms with Gasteiger partial charge in [-0.25, -0.2) is 4.79 Å². The molecule has 1 aromatic rings. The Morgan fingerprint density at radius 1 is 1.23 bits per heavy atom. The molecule has 2 N–H and O–H groups in total. The van der Waals surface area contributed by atoms with Crippen LogP contribution in [0.15, 0.2) is 30.4 Å². The van der Waals surface area contributed by atoms with Crippen LogP contribution in [0.5, 0.6) is 0 Å². The summed E-state index contributed by atoms with van der Waals surface area (Å²) < 4.78 is 5.41. The predicted octanol–water partition coefficient (Wildman–Crippen LogP) is 3.56. The lowest BCUT2D eigenvalue weighted by atomic mass is 9.82. The fourth-order valence-electron chi connectivity index (χ4n) is 2.85. The van der Waals surface area contributed by atoms with Crippen molar-refractivity contribution in [3.63, 3.8) is 0 Å². The molecule has 2 rings (SSSR count). The highest BCUT2D eigenvalue weighted by Crippen LogP contribution is 2.29. The Morgan fingerprint density at radius 3 is 2.50 bits per heavy atom. The maximum absolute atomic E-state index is 12.8. The molecule has 0 aliphatic heterocycles. The Labute approximate surface area is 153 Å². The van der Waals surface area contributed by atoms with Crippen molar-refractivity contribution in [1.29, 1.82) is 0 Å². The van der Waals surface area contributed by atoms with E-state index in [2.05, 4.69) is 5.32 Å². The van der Waals surface area contributed by atoms with E-state index in [9.17, 15) is 14.4 Å². The Kier molecular flexibility index (Phi) is 6.55. The number of aryl methyl sites for hydroxylation is 1. The monoisotopic (exact) mass is 359 g/mol. The second kappa shape index (κ2) is 8.65. The second-order valence-corrected chi connectivity index (χ2v) is 6.64. The molecule has 6 heteroatoms. The number of carboxylic acids is 1. The maximum Gasteiger partial charge on any atom is 0.335 e. The Hall–Kier alpha value is -2.63. The van der Waals surface area contributed by atoms with Gasteiger partial charge >= 0.3 is 11.9 Å². The molecule has 1 aliphatic rings. The molecule has 0 heterocycles. The summed E-state index contributed by atoms with van der Waals surface area (Å²) in [7, 11) is 0. The van der Waals surface area contributed by atoms with E-state index in [1.54, 1.807) is 13.0 Å². The standard InChI is InChI=1S/C20H25NO5/c1-4-13(3)26-20(25)16-8-6-5-7-15(16)18(22)21-17-11-14(19(23)24)10-9-12(17)2/h5-6,9-11,13,15-16H,4,7-8H2,1-3H3,(H,21,22)(H,23,24)/t13-,15+,16+/m0/s1. The second-order valence-electron chi connectivity index (χ2n) is 6.64. The number of nitrogens with one attached hydrogen (secondary N) is 1. The number of rotatable bonds is 6. The Balaban J connectivity index is 2.16. The lowest BCUT2D eigenvalue weighted by molar-refractivity contribution is -0.157. The molecule has 0 spiro atoms. The topological polar surface area (TPSA) is 92.7 Å². The van der Waals surface area contributed by atoms with Crippen LogP contribution in [-0.4, -0.2) is 29.1 Å². The number of hydrogen-bond acceptors (Lipinski definition) is 4. The van der Waals surface area contributed by atoms with Gasteiger partial charge in [-0.05, 0) is 50.8 Å². The molecule has 0 saturated heterocycles. The molecule has 1 amide bonds. The number of carboxylic acid groups (broad SMARTS) is 1. The molecule has 1 aliphatic carbocycles. The van der Waals surface area contributed by atoms with Crippen LogP contribution >= 0.6 is 0 Å². The molecular weight excluding hydrogens is 334 g/mol. The van der Waals surface area contributed by atoms with E-state index in [0.29, 0.717) is 24.9 Å². The van der Waals surface area contributed by atoms with E-state index in [0.717, 1.165) is 5.56 Å². The minimum Gasteiger partial charge on any atom is -0.478 e. The van der Waals surface area contributed by atoms with Crippen molar-refractivity contribution in [1.82, 2.24) is 0 Å². The lowest BCUT2D eigenvalue weighted by Crippen LogP contribution is -2.36. The number of benzene rings is 1. The Bertz CT molecular complexity index is 725. The van der Waals surface area contributed by atoms with Crippen LogP contribution in [-0.2, 0) is 14.3 Å². The number of allylic oxidation sites excluding steroid dienone is 2. The molecule has 140 valence electrons. The van der Waals surface area contributed by atoms with Gasteiger partial charge in [0.25, 0.3) is 0 Å². The number of carbonyl (C=O) groups is 3. The number of aromatic carboxylic acids is 1. The molecule has 0 aromatic heterocycles. The molecule has 3 atom stereocenters. The van der Waals surface area contributed by atoms with Gasteiger partial charge < -0.3 is 15.2 Å². The van der Waals surface area contributed by atoms with Crippen molar-refractivity contribution in [2.24, 2.45) is 11.8 Å². The normalized spacial score (nSPS) is 20.3. The fraction of sp³-hybridized carbons (Fsp3) is 0.450. The van der Waals surface area contributed by atoms with Gasteiger partial charge in [-0.3, -0.25) is 9.59 Å². The largest absolute Gasteiger partial charge is 0.478 e. The van der Waals surface area contributed by atoms with Crippen molar-refractivity contribution in [2.75, 3.05) is 5.32 Å². The zero-order valence-electron chi connectivity index (χ0n) is 15.3. The van der Waals surface area contributed by atoms with Crippen LogP contribution in [0.2, 0.25) is 0 Å². The number of esters is 1. The number of anilines is 1. The summed E-state index contributed by atoms with van der Waals surface area (Å²) in [6.45, 7) is 5.55. The molecular formula is C20H25NO5. The van der Waals surface area contributed by atoms with Crippen molar-refractivity contribution in [3.05, 3.63) is 41.5 Å². The van der Waals surface area contributed by atoms with Crippen molar-refractivity contribution in [2.45, 2.75) is 46.1 Å². The van der Waals surface area contributed by atoms with Gasteiger partial charge in [0.2, 0.25) is 5.91 Å². The molecule has 1 aromatic carbocycles. The molecule has 0 radical (unpaired) electrons. The molecule has 26 heavy (non-hydrogen) atoms. The summed E-state index contributed by atoms with van der Waals surface area (Å²) in [6.07, 6.45) is 5.21. The zero-order chi connectivity index (χ0) is 19.3. The first kappa shape index (κ1) is 19.7. The van der Waals surface area contributed by atoms with Gasteiger partial charge in [0.15, 0.2) is 0 Å². The van der Waals surface area contributed by atoms with Crippen LogP contribution in [0.3, 0.4) is 0 Å². The molecule has 6 nitrogen and oxygen atoms in total. The van der Waals surface area contributed by atoms with Gasteiger partial charge in [-0.2, -0.15) is 0 Å². The SMILES string of the molecule is CC[C@H](C)OC(=O)[C@@H]1CC=CC[C@H]1C(=O)Nc1cc(C(=O)O)ccc1C. The number of amides is 1. The van der Waals surface area contributed by atoms with E-state index >= 15 is 0 Å². The zero-order valence-corrected chi connectivity index (χ0v) is 15.3. The average Bonchev–Trinajstić information content (AvgIpc) is 2.63. The van der Waals surface area contributed by atoms with Gasteiger partial charge in [-0.15, -0.1) is 0 Å². The molecule has 0 bridgehead atoms. The highest BCUT2D eigenvalue weighted by atomic mass is 16.5. The maximum atomic E-state index is 12.8. The minimum absolute atomic E-state index is 0.0992. The van der Waals surface area contributed by atoms with Crippen LogP contribution in [0.4, 0.5) is 5.69 Å². The lowest BCUT2D eigenvalue weighted by Gasteiger charge is -2.27. The summed E-state index contributed by atoms with van der Waals surface area (Å²) in [4.78, 5) is 36.3. The molecule has 0 unspecified atom stereocenters. The van der Waals surface area contributed by atoms with Gasteiger partial charge in [0.1, 0.15) is 0 Å². The first-order valence-electron chi connectivity index (χ1n) is 8.83. The van der Waals surface area contributed by atoms with Crippen LogP contribution < -0.4 is 5.32 Å². The van der Waals surface area contributed by atoms with Crippen molar-refractivity contribution in [3.8, 4) is 0 Å². The van der Waals surface area contributed by atoms with Crippen molar-refractivity contribution < 1.29 is 24.2 Å². The number of hydrogen-bond donors (Lipinski definition) is 2. The van der Waals surface area contributed by atoms with E-state index in [1.165, 1.54) is 12.1 Å². The first-order chi connectivity index (χ1) is 12.3. The molecule has 0 saturated carbocycles. The number of ether oxygens (including phenoxy) is 1. The smallest absolute Gasteiger partial charge is 0.335 e. The van der Waals surface area contributed by atoms with Crippen LogP contribution in [0, 0.1) is 18.8 Å². The molecule has 0 fully saturated rings. The summed E-state index contributed by atoms with van der Waals surface area (Å²) in [6, 6.07) is 4.57. The highest BCUT2D eigenvalue weighted by Gasteiger charge is 2.35. The summed E-state index contributed by atoms with van der Waals surface area (Å²) in [5.74, 6) is -2.79. The summed E-state index contributed by atoms with van der Waals surface area (Å²) in [5, 5.41) is 11.9. The van der Waals surface area contributed by atoms with Crippen molar-refractivity contribution >= 4 is 23.5 Å². The summed E-state index contributed by atoms with van der Waals surface area (Å²) in [5.41, 5.74) is 1.30. The third-order valence-electron chi connectivity index (χ3n) is 4.71. The van der Waals surface area contributed by atoms with E-state index in [1.807, 2.05) is 26.0 Å². The summed E-state index contributed by atoms with van der Waals surface area (Å²) >= 11 is 0. The third-order valence-corrected chi connectivity index (χ3v) is 4.71. The number of carbonyl (C=O) groups excluding carboxylic acids is 2. The fourth-order valence-corrected chi connectivity index (χ4v) is 2.85. The predicted molar refractivity (Wildman–Crippen MR) is 98.0 cm³/mol. The van der Waals surface area contributed by atoms with Crippen LogP contribution in [0.1, 0.15) is 49.0 Å². The Morgan fingerprint density at radius 2 is 1.88 bits per heavy atom.